The normalized spacial score (nSPS) is 10.6. The van der Waals surface area contributed by atoms with E-state index in [2.05, 4.69) is 10.2 Å². The van der Waals surface area contributed by atoms with Crippen LogP contribution in [-0.2, 0) is 4.79 Å². The number of aromatic nitrogens is 3. The molecule has 0 N–H and O–H groups in total. The zero-order valence-electron chi connectivity index (χ0n) is 17.3. The van der Waals surface area contributed by atoms with Gasteiger partial charge in [0.1, 0.15) is 5.75 Å². The number of methoxy groups -OCH3 is 1. The van der Waals surface area contributed by atoms with Crippen molar-refractivity contribution in [3.63, 3.8) is 0 Å². The van der Waals surface area contributed by atoms with E-state index in [0.717, 1.165) is 28.5 Å². The lowest BCUT2D eigenvalue weighted by Gasteiger charge is -2.17. The Balaban J connectivity index is 1.63. The van der Waals surface area contributed by atoms with Crippen molar-refractivity contribution in [3.8, 4) is 22.8 Å². The van der Waals surface area contributed by atoms with Crippen LogP contribution in [0.1, 0.15) is 0 Å². The second kappa shape index (κ2) is 9.49. The van der Waals surface area contributed by atoms with Gasteiger partial charge in [0.25, 0.3) is 0 Å². The first-order chi connectivity index (χ1) is 15.2. The van der Waals surface area contributed by atoms with Gasteiger partial charge in [-0.05, 0) is 36.4 Å². The summed E-state index contributed by atoms with van der Waals surface area (Å²) in [6, 6.07) is 27.2. The quantitative estimate of drug-likeness (QED) is 0.398. The molecule has 6 nitrogen and oxygen atoms in total. The van der Waals surface area contributed by atoms with Crippen molar-refractivity contribution in [3.05, 3.63) is 84.9 Å². The van der Waals surface area contributed by atoms with Gasteiger partial charge in [-0.15, -0.1) is 10.2 Å². The average Bonchev–Trinajstić information content (AvgIpc) is 3.27. The predicted octanol–water partition coefficient (Wildman–Crippen LogP) is 4.70. The molecule has 0 unspecified atom stereocenters. The van der Waals surface area contributed by atoms with Gasteiger partial charge in [-0.1, -0.05) is 60.3 Å². The Bertz CT molecular complexity index is 1150. The minimum atomic E-state index is -0.0123. The highest BCUT2D eigenvalue weighted by Gasteiger charge is 2.19. The molecule has 0 aliphatic rings. The van der Waals surface area contributed by atoms with Crippen LogP contribution in [0.15, 0.2) is 90.1 Å². The maximum absolute atomic E-state index is 12.8. The molecule has 31 heavy (non-hydrogen) atoms. The van der Waals surface area contributed by atoms with E-state index in [4.69, 9.17) is 4.74 Å². The fourth-order valence-corrected chi connectivity index (χ4v) is 3.99. The number of hydrogen-bond donors (Lipinski definition) is 0. The second-order valence-electron chi connectivity index (χ2n) is 6.78. The molecule has 0 saturated heterocycles. The lowest BCUT2D eigenvalue weighted by Crippen LogP contribution is -2.27. The summed E-state index contributed by atoms with van der Waals surface area (Å²) in [5.41, 5.74) is 2.70. The number of hydrogen-bond acceptors (Lipinski definition) is 5. The van der Waals surface area contributed by atoms with Crippen LogP contribution in [-0.4, -0.2) is 40.6 Å². The molecular formula is C24H22N4O2S. The summed E-state index contributed by atoms with van der Waals surface area (Å²) in [5, 5.41) is 9.46. The first-order valence-corrected chi connectivity index (χ1v) is 10.8. The molecule has 1 amide bonds. The first-order valence-electron chi connectivity index (χ1n) is 9.77. The van der Waals surface area contributed by atoms with Crippen LogP contribution < -0.4 is 9.64 Å². The Kier molecular flexibility index (Phi) is 6.33. The van der Waals surface area contributed by atoms with E-state index in [0.29, 0.717) is 5.16 Å². The van der Waals surface area contributed by atoms with Gasteiger partial charge in [0, 0.05) is 24.0 Å². The molecule has 156 valence electrons. The molecule has 4 rings (SSSR count). The molecule has 7 heteroatoms. The largest absolute Gasteiger partial charge is 0.497 e. The zero-order valence-corrected chi connectivity index (χ0v) is 18.1. The van der Waals surface area contributed by atoms with Crippen LogP contribution >= 0.6 is 11.8 Å². The van der Waals surface area contributed by atoms with Crippen molar-refractivity contribution in [1.82, 2.24) is 14.8 Å². The van der Waals surface area contributed by atoms with Gasteiger partial charge in [-0.25, -0.2) is 0 Å². The molecule has 1 heterocycles. The van der Waals surface area contributed by atoms with E-state index < -0.39 is 0 Å². The summed E-state index contributed by atoms with van der Waals surface area (Å²) in [6.07, 6.45) is 0. The van der Waals surface area contributed by atoms with Crippen LogP contribution in [0.25, 0.3) is 17.1 Å². The number of benzene rings is 3. The Morgan fingerprint density at radius 3 is 2.23 bits per heavy atom. The predicted molar refractivity (Wildman–Crippen MR) is 124 cm³/mol. The number of nitrogens with zero attached hydrogens (tertiary/aromatic N) is 4. The molecule has 0 bridgehead atoms. The SMILES string of the molecule is COc1ccc(-n2c(SCC(=O)N(C)c3ccccc3)nnc2-c2ccccc2)cc1. The van der Waals surface area contributed by atoms with Gasteiger partial charge in [-0.3, -0.25) is 9.36 Å². The van der Waals surface area contributed by atoms with Gasteiger partial charge in [0.15, 0.2) is 11.0 Å². The smallest absolute Gasteiger partial charge is 0.237 e. The lowest BCUT2D eigenvalue weighted by atomic mass is 10.2. The summed E-state index contributed by atoms with van der Waals surface area (Å²) in [4.78, 5) is 14.4. The van der Waals surface area contributed by atoms with E-state index in [9.17, 15) is 4.79 Å². The topological polar surface area (TPSA) is 60.2 Å². The van der Waals surface area contributed by atoms with Crippen molar-refractivity contribution < 1.29 is 9.53 Å². The summed E-state index contributed by atoms with van der Waals surface area (Å²) in [6.45, 7) is 0. The number of para-hydroxylation sites is 1. The van der Waals surface area contributed by atoms with Crippen LogP contribution in [0.2, 0.25) is 0 Å². The maximum atomic E-state index is 12.8. The first kappa shape index (κ1) is 20.7. The van der Waals surface area contributed by atoms with Crippen molar-refractivity contribution in [2.75, 3.05) is 24.8 Å². The van der Waals surface area contributed by atoms with E-state index in [-0.39, 0.29) is 11.7 Å². The maximum Gasteiger partial charge on any atom is 0.237 e. The van der Waals surface area contributed by atoms with Crippen LogP contribution in [0.5, 0.6) is 5.75 Å². The van der Waals surface area contributed by atoms with Gasteiger partial charge < -0.3 is 9.64 Å². The Morgan fingerprint density at radius 1 is 0.935 bits per heavy atom. The summed E-state index contributed by atoms with van der Waals surface area (Å²) in [5.74, 6) is 1.72. The molecule has 0 spiro atoms. The highest BCUT2D eigenvalue weighted by Crippen LogP contribution is 2.29. The van der Waals surface area contributed by atoms with Crippen LogP contribution in [0.4, 0.5) is 5.69 Å². The molecule has 3 aromatic carbocycles. The lowest BCUT2D eigenvalue weighted by molar-refractivity contribution is -0.115. The Labute approximate surface area is 185 Å². The van der Waals surface area contributed by atoms with E-state index in [1.165, 1.54) is 11.8 Å². The second-order valence-corrected chi connectivity index (χ2v) is 7.73. The van der Waals surface area contributed by atoms with Gasteiger partial charge in [0.05, 0.1) is 12.9 Å². The molecule has 0 saturated carbocycles. The molecule has 0 fully saturated rings. The van der Waals surface area contributed by atoms with Crippen molar-refractivity contribution >= 4 is 23.4 Å². The monoisotopic (exact) mass is 430 g/mol. The molecule has 0 radical (unpaired) electrons. The Morgan fingerprint density at radius 2 is 1.58 bits per heavy atom. The summed E-state index contributed by atoms with van der Waals surface area (Å²) < 4.78 is 7.25. The fraction of sp³-hybridized carbons (Fsp3) is 0.125. The standard InChI is InChI=1S/C24H22N4O2S/c1-27(19-11-7-4-8-12-19)22(29)17-31-24-26-25-23(18-9-5-3-6-10-18)28(24)20-13-15-21(30-2)16-14-20/h3-16H,17H2,1-2H3. The molecule has 0 aliphatic heterocycles. The molecule has 1 aromatic heterocycles. The highest BCUT2D eigenvalue weighted by molar-refractivity contribution is 7.99. The number of thioether (sulfide) groups is 1. The van der Waals surface area contributed by atoms with Crippen LogP contribution in [0, 0.1) is 0 Å². The fourth-order valence-electron chi connectivity index (χ4n) is 3.12. The third-order valence-corrected chi connectivity index (χ3v) is 5.75. The Hall–Kier alpha value is -3.58. The van der Waals surface area contributed by atoms with Crippen LogP contribution in [0.3, 0.4) is 0 Å². The number of ether oxygens (including phenoxy) is 1. The zero-order chi connectivity index (χ0) is 21.6. The van der Waals surface area contributed by atoms with Gasteiger partial charge in [0.2, 0.25) is 5.91 Å². The number of anilines is 1. The highest BCUT2D eigenvalue weighted by atomic mass is 32.2. The number of rotatable bonds is 7. The number of amides is 1. The van der Waals surface area contributed by atoms with Crippen molar-refractivity contribution in [2.45, 2.75) is 5.16 Å². The summed E-state index contributed by atoms with van der Waals surface area (Å²) >= 11 is 1.37. The van der Waals surface area contributed by atoms with Gasteiger partial charge in [-0.2, -0.15) is 0 Å². The van der Waals surface area contributed by atoms with Crippen molar-refractivity contribution in [1.29, 1.82) is 0 Å². The number of carbonyl (C=O) groups is 1. The summed E-state index contributed by atoms with van der Waals surface area (Å²) in [7, 11) is 3.42. The molecule has 4 aromatic rings. The van der Waals surface area contributed by atoms with E-state index >= 15 is 0 Å². The third kappa shape index (κ3) is 4.62. The molecule has 0 atom stereocenters. The van der Waals surface area contributed by atoms with E-state index in [1.807, 2.05) is 89.5 Å². The number of carbonyl (C=O) groups excluding carboxylic acids is 1. The van der Waals surface area contributed by atoms with Gasteiger partial charge >= 0.3 is 0 Å². The minimum absolute atomic E-state index is 0.0123. The minimum Gasteiger partial charge on any atom is -0.497 e. The average molecular weight is 431 g/mol. The third-order valence-electron chi connectivity index (χ3n) is 4.84. The van der Waals surface area contributed by atoms with E-state index in [1.54, 1.807) is 19.1 Å². The molecule has 0 aliphatic carbocycles. The van der Waals surface area contributed by atoms with Crippen molar-refractivity contribution in [2.24, 2.45) is 0 Å². The molecular weight excluding hydrogens is 408 g/mol.